The number of aliphatic hydroxyl groups excluding tert-OH is 2. The summed E-state index contributed by atoms with van der Waals surface area (Å²) in [6, 6.07) is 17.3. The molecule has 0 aromatic heterocycles. The smallest absolute Gasteiger partial charge is 0.309 e. The monoisotopic (exact) mass is 1100 g/mol. The molecule has 3 aliphatic rings. The van der Waals surface area contributed by atoms with E-state index in [1.54, 1.807) is 27.7 Å². The van der Waals surface area contributed by atoms with Crippen LogP contribution in [0.15, 0.2) is 54.6 Å². The maximum Gasteiger partial charge on any atom is 0.309 e. The highest BCUT2D eigenvalue weighted by Gasteiger charge is 2.56. The predicted molar refractivity (Wildman–Crippen MR) is 289 cm³/mol. The van der Waals surface area contributed by atoms with Crippen molar-refractivity contribution in [1.82, 2.24) is 9.80 Å². The van der Waals surface area contributed by atoms with Gasteiger partial charge in [-0.15, -0.1) is 0 Å². The van der Waals surface area contributed by atoms with Crippen molar-refractivity contribution in [3.05, 3.63) is 65.7 Å². The van der Waals surface area contributed by atoms with Gasteiger partial charge in [0.2, 0.25) is 0 Å². The third-order valence-electron chi connectivity index (χ3n) is 15.6. The van der Waals surface area contributed by atoms with Crippen molar-refractivity contribution in [2.24, 2.45) is 17.8 Å². The van der Waals surface area contributed by atoms with Gasteiger partial charge in [-0.2, -0.15) is 0 Å². The molecule has 2 aromatic rings. The molecule has 440 valence electrons. The van der Waals surface area contributed by atoms with E-state index in [2.05, 4.69) is 11.0 Å². The van der Waals surface area contributed by atoms with Gasteiger partial charge in [-0.1, -0.05) is 69.3 Å². The van der Waals surface area contributed by atoms with Crippen molar-refractivity contribution in [3.8, 4) is 5.75 Å². The van der Waals surface area contributed by atoms with Gasteiger partial charge in [-0.25, -0.2) is 0 Å². The molecule has 5 rings (SSSR count). The van der Waals surface area contributed by atoms with Gasteiger partial charge < -0.3 is 72.1 Å². The fourth-order valence-corrected chi connectivity index (χ4v) is 11.6. The first-order chi connectivity index (χ1) is 37.1. The molecule has 3 aliphatic heterocycles. The van der Waals surface area contributed by atoms with Crippen molar-refractivity contribution in [1.29, 1.82) is 0 Å². The molecule has 19 nitrogen and oxygen atoms in total. The number of aliphatic hydroxyl groups is 2. The van der Waals surface area contributed by atoms with E-state index < -0.39 is 121 Å². The van der Waals surface area contributed by atoms with Crippen LogP contribution in [0.5, 0.6) is 5.75 Å². The molecule has 19 heteroatoms. The number of hydrogen-bond donors (Lipinski definition) is 2. The summed E-state index contributed by atoms with van der Waals surface area (Å²) in [6.45, 7) is 15.6. The number of methoxy groups -OCH3 is 3. The number of benzene rings is 2. The largest absolute Gasteiger partial charge is 0.489 e. The first-order valence-corrected chi connectivity index (χ1v) is 28.0. The van der Waals surface area contributed by atoms with Gasteiger partial charge in [0, 0.05) is 72.9 Å². The molecule has 0 saturated carbocycles. The average molecular weight is 1100 g/mol. The Hall–Kier alpha value is -4.28. The zero-order valence-electron chi connectivity index (χ0n) is 48.5. The molecule has 3 heterocycles. The van der Waals surface area contributed by atoms with E-state index in [1.165, 1.54) is 28.3 Å². The number of rotatable bonds is 21. The van der Waals surface area contributed by atoms with Gasteiger partial charge in [0.05, 0.1) is 43.0 Å². The van der Waals surface area contributed by atoms with Crippen LogP contribution in [0.4, 0.5) is 0 Å². The number of carbonyl (C=O) groups excluding carboxylic acids is 4. The Bertz CT molecular complexity index is 2150. The van der Waals surface area contributed by atoms with Crippen molar-refractivity contribution in [2.45, 2.75) is 205 Å². The van der Waals surface area contributed by atoms with Crippen molar-refractivity contribution in [2.75, 3.05) is 55.1 Å². The first kappa shape index (κ1) is 64.5. The molecule has 2 aromatic carbocycles. The van der Waals surface area contributed by atoms with Gasteiger partial charge in [0.25, 0.3) is 0 Å². The molecular weight excluding hydrogens is 1010 g/mol. The van der Waals surface area contributed by atoms with E-state index in [0.717, 1.165) is 29.7 Å². The molecule has 0 aliphatic carbocycles. The molecule has 0 unspecified atom stereocenters. The van der Waals surface area contributed by atoms with E-state index in [9.17, 15) is 29.4 Å². The molecule has 2 N–H and O–H groups in total. The van der Waals surface area contributed by atoms with Crippen LogP contribution in [0, 0.1) is 17.8 Å². The average Bonchev–Trinajstić information content (AvgIpc) is 3.43. The molecule has 0 bridgehead atoms. The van der Waals surface area contributed by atoms with E-state index in [0.29, 0.717) is 39.1 Å². The number of ether oxygens (including phenoxy) is 11. The number of aryl methyl sites for hydroxylation is 1. The third kappa shape index (κ3) is 18.1. The maximum absolute atomic E-state index is 14.2. The second-order valence-electron chi connectivity index (χ2n) is 21.9. The van der Waals surface area contributed by atoms with E-state index in [-0.39, 0.29) is 38.0 Å². The maximum atomic E-state index is 14.2. The highest BCUT2D eigenvalue weighted by Crippen LogP contribution is 2.43. The van der Waals surface area contributed by atoms with Crippen LogP contribution >= 0.6 is 0 Å². The molecule has 78 heavy (non-hydrogen) atoms. The van der Waals surface area contributed by atoms with Crippen molar-refractivity contribution < 1.29 is 81.5 Å². The highest BCUT2D eigenvalue weighted by molar-refractivity contribution is 5.73. The Kier molecular flexibility index (Phi) is 25.7. The lowest BCUT2D eigenvalue weighted by molar-refractivity contribution is -0.320. The summed E-state index contributed by atoms with van der Waals surface area (Å²) >= 11 is 0. The number of hydrogen-bond acceptors (Lipinski definition) is 19. The SMILES string of the molecule is CCC(=O)O[C@@H]1CC(=O)O[C@H](C)CCN(CCCc2ccccc2OCc2ccccc2)C[C@H](O)[C@H](C)C[C@H](CC(OC)OC)[C@H]([C@@H]2O[C@H](C)[C@@H](O[C@@H]3C[C@@](C)(OC(C)=O)[C@@H](OC(=O)CC)[C@H](C)O3)[C@H](N(C)C)[C@H]2O)[C@@H]1OC. The number of carbonyl (C=O) groups is 4. The third-order valence-corrected chi connectivity index (χ3v) is 15.6. The zero-order chi connectivity index (χ0) is 57.3. The van der Waals surface area contributed by atoms with Crippen LogP contribution in [-0.4, -0.2) is 184 Å². The van der Waals surface area contributed by atoms with Crippen LogP contribution in [0.25, 0.3) is 0 Å². The molecule has 0 spiro atoms. The fraction of sp³-hybridized carbons (Fsp3) is 0.729. The highest BCUT2D eigenvalue weighted by atomic mass is 16.7. The number of nitrogens with zero attached hydrogens (tertiary/aromatic N) is 2. The first-order valence-electron chi connectivity index (χ1n) is 28.0. The Morgan fingerprint density at radius 2 is 1.55 bits per heavy atom. The number of para-hydroxylation sites is 1. The molecular formula is C59H92N2O17. The number of esters is 4. The Balaban J connectivity index is 1.50. The summed E-state index contributed by atoms with van der Waals surface area (Å²) in [7, 11) is 8.16. The summed E-state index contributed by atoms with van der Waals surface area (Å²) in [6.07, 6.45) is -8.94. The molecule has 16 atom stereocenters. The molecule has 3 fully saturated rings. The van der Waals surface area contributed by atoms with Crippen LogP contribution in [0.1, 0.15) is 118 Å². The Labute approximate surface area is 463 Å². The summed E-state index contributed by atoms with van der Waals surface area (Å²) in [5.74, 6) is -3.19. The summed E-state index contributed by atoms with van der Waals surface area (Å²) < 4.78 is 68.5. The van der Waals surface area contributed by atoms with Gasteiger partial charge in [-0.3, -0.25) is 19.2 Å². The minimum atomic E-state index is -1.34. The lowest BCUT2D eigenvalue weighted by Gasteiger charge is -2.53. The zero-order valence-corrected chi connectivity index (χ0v) is 48.5. The topological polar surface area (TPSA) is 217 Å². The minimum Gasteiger partial charge on any atom is -0.489 e. The van der Waals surface area contributed by atoms with Gasteiger partial charge in [0.1, 0.15) is 36.8 Å². The van der Waals surface area contributed by atoms with Crippen molar-refractivity contribution >= 4 is 23.9 Å². The van der Waals surface area contributed by atoms with E-state index >= 15 is 0 Å². The fourth-order valence-electron chi connectivity index (χ4n) is 11.6. The summed E-state index contributed by atoms with van der Waals surface area (Å²) in [5, 5.41) is 25.4. The van der Waals surface area contributed by atoms with E-state index in [1.807, 2.05) is 88.3 Å². The lowest BCUT2D eigenvalue weighted by Crippen LogP contribution is -2.67. The lowest BCUT2D eigenvalue weighted by atomic mass is 9.70. The minimum absolute atomic E-state index is 0.00864. The summed E-state index contributed by atoms with van der Waals surface area (Å²) in [4.78, 5) is 56.7. The molecule has 0 radical (unpaired) electrons. The second-order valence-corrected chi connectivity index (χ2v) is 21.9. The number of likely N-dealkylation sites (N-methyl/N-ethyl adjacent to an activating group) is 1. The molecule has 0 amide bonds. The van der Waals surface area contributed by atoms with Crippen LogP contribution in [-0.2, 0) is 79.6 Å². The Morgan fingerprint density at radius 1 is 0.885 bits per heavy atom. The number of β-amino-alcohol motifs (C(OH)–C–C–N with tert-alkyl or cyclic N) is 1. The summed E-state index contributed by atoms with van der Waals surface area (Å²) in [5.41, 5.74) is 0.820. The van der Waals surface area contributed by atoms with Crippen LogP contribution in [0.2, 0.25) is 0 Å². The standard InChI is InChI=1S/C59H92N2O17/c1-14-47(64)75-46-32-49(66)72-37(4)27-29-61(28-21-25-42-24-19-20-26-45(42)71-35-41-22-17-16-18-23-41)34-44(63)36(3)30-43(31-50(68-11)69-12)52(56(46)70-13)57-54(67)53(60(9)10)55(38(5)74-57)77-51-33-59(8,78-40(7)62)58(39(6)73-51)76-48(65)15-2/h16-20,22-24,26,36-39,43-44,46,50-58,63,67H,14-15,21,25,27-35H2,1-13H3/t36-,37-,38-,39+,43-,44+,46-,51-,52+,53-,54-,55-,56-,57+,58+,59-/m1/s1. The van der Waals surface area contributed by atoms with Gasteiger partial charge in [-0.05, 0) is 103 Å². The molecule has 3 saturated heterocycles. The van der Waals surface area contributed by atoms with Crippen LogP contribution < -0.4 is 4.74 Å². The van der Waals surface area contributed by atoms with Crippen molar-refractivity contribution in [3.63, 3.8) is 0 Å². The second kappa shape index (κ2) is 31.1. The normalized spacial score (nSPS) is 32.8. The van der Waals surface area contributed by atoms with E-state index in [4.69, 9.17) is 52.1 Å². The predicted octanol–water partition coefficient (Wildman–Crippen LogP) is 6.43. The Morgan fingerprint density at radius 3 is 2.19 bits per heavy atom. The quantitative estimate of drug-likeness (QED) is 0.0782. The van der Waals surface area contributed by atoms with Gasteiger partial charge in [0.15, 0.2) is 24.3 Å². The van der Waals surface area contributed by atoms with Gasteiger partial charge >= 0.3 is 23.9 Å². The number of cyclic esters (lactones) is 1. The van der Waals surface area contributed by atoms with Crippen LogP contribution in [0.3, 0.4) is 0 Å².